The van der Waals surface area contributed by atoms with Crippen LogP contribution in [0.5, 0.6) is 0 Å². The van der Waals surface area contributed by atoms with Crippen molar-refractivity contribution in [2.75, 3.05) is 5.32 Å². The zero-order valence-corrected chi connectivity index (χ0v) is 13.4. The van der Waals surface area contributed by atoms with Gasteiger partial charge in [-0.05, 0) is 24.1 Å². The number of nitrogens with zero attached hydrogens (tertiary/aromatic N) is 4. The molecular weight excluding hydrogens is 298 g/mol. The normalized spacial score (nSPS) is 11.0. The van der Waals surface area contributed by atoms with Gasteiger partial charge in [-0.25, -0.2) is 9.97 Å². The molecular formula is C16H18ClN5. The molecule has 0 spiro atoms. The molecule has 2 heterocycles. The Balaban J connectivity index is 1.89. The van der Waals surface area contributed by atoms with Crippen molar-refractivity contribution in [2.24, 2.45) is 7.05 Å². The second-order valence-electron chi connectivity index (χ2n) is 5.22. The van der Waals surface area contributed by atoms with Crippen LogP contribution in [0, 0.1) is 0 Å². The van der Waals surface area contributed by atoms with Crippen LogP contribution in [0.25, 0.3) is 11.0 Å². The molecule has 0 saturated carbocycles. The van der Waals surface area contributed by atoms with Crippen molar-refractivity contribution in [3.05, 3.63) is 46.9 Å². The van der Waals surface area contributed by atoms with E-state index in [1.165, 1.54) is 0 Å². The fourth-order valence-electron chi connectivity index (χ4n) is 2.50. The van der Waals surface area contributed by atoms with E-state index < -0.39 is 0 Å². The second-order valence-corrected chi connectivity index (χ2v) is 5.66. The minimum Gasteiger partial charge on any atom is -0.364 e. The first kappa shape index (κ1) is 14.8. The van der Waals surface area contributed by atoms with E-state index in [4.69, 9.17) is 11.6 Å². The molecule has 0 unspecified atom stereocenters. The van der Waals surface area contributed by atoms with Crippen molar-refractivity contribution in [3.63, 3.8) is 0 Å². The minimum absolute atomic E-state index is 0.678. The first-order chi connectivity index (χ1) is 10.7. The highest BCUT2D eigenvalue weighted by Gasteiger charge is 2.13. The molecule has 0 aliphatic carbocycles. The Hall–Kier alpha value is -2.14. The highest BCUT2D eigenvalue weighted by molar-refractivity contribution is 6.30. The van der Waals surface area contributed by atoms with E-state index in [1.807, 2.05) is 36.0 Å². The van der Waals surface area contributed by atoms with Crippen LogP contribution in [0.2, 0.25) is 5.02 Å². The van der Waals surface area contributed by atoms with Gasteiger partial charge in [0.15, 0.2) is 5.82 Å². The summed E-state index contributed by atoms with van der Waals surface area (Å²) in [5, 5.41) is 8.67. The number of halogens is 1. The number of hydrogen-bond acceptors (Lipinski definition) is 4. The van der Waals surface area contributed by atoms with E-state index in [-0.39, 0.29) is 0 Å². The molecule has 0 fully saturated rings. The average Bonchev–Trinajstić information content (AvgIpc) is 2.84. The van der Waals surface area contributed by atoms with Gasteiger partial charge in [-0.2, -0.15) is 5.10 Å². The van der Waals surface area contributed by atoms with Gasteiger partial charge in [0, 0.05) is 18.6 Å². The van der Waals surface area contributed by atoms with Crippen LogP contribution in [0.3, 0.4) is 0 Å². The molecule has 0 aliphatic rings. The van der Waals surface area contributed by atoms with Crippen molar-refractivity contribution in [3.8, 4) is 0 Å². The molecule has 1 N–H and O–H groups in total. The number of nitrogens with one attached hydrogen (secondary N) is 1. The largest absolute Gasteiger partial charge is 0.364 e. The predicted molar refractivity (Wildman–Crippen MR) is 89.1 cm³/mol. The highest BCUT2D eigenvalue weighted by atomic mass is 35.5. The number of aryl methyl sites for hydroxylation is 2. The van der Waals surface area contributed by atoms with Gasteiger partial charge >= 0.3 is 0 Å². The molecule has 0 atom stereocenters. The van der Waals surface area contributed by atoms with Gasteiger partial charge in [0.2, 0.25) is 0 Å². The van der Waals surface area contributed by atoms with Crippen molar-refractivity contribution in [1.29, 1.82) is 0 Å². The Morgan fingerprint density at radius 2 is 1.95 bits per heavy atom. The van der Waals surface area contributed by atoms with Crippen molar-refractivity contribution >= 4 is 28.5 Å². The molecule has 1 aromatic carbocycles. The summed E-state index contributed by atoms with van der Waals surface area (Å²) in [7, 11) is 1.93. The van der Waals surface area contributed by atoms with Gasteiger partial charge in [0.1, 0.15) is 17.4 Å². The smallest absolute Gasteiger partial charge is 0.155 e. The molecule has 6 heteroatoms. The zero-order chi connectivity index (χ0) is 15.5. The van der Waals surface area contributed by atoms with Crippen molar-refractivity contribution in [1.82, 2.24) is 19.7 Å². The number of aromatic nitrogens is 4. The lowest BCUT2D eigenvalue weighted by atomic mass is 10.2. The summed E-state index contributed by atoms with van der Waals surface area (Å²) < 4.78 is 1.85. The van der Waals surface area contributed by atoms with E-state index in [0.29, 0.717) is 6.54 Å². The summed E-state index contributed by atoms with van der Waals surface area (Å²) in [5.74, 6) is 0.803. The Morgan fingerprint density at radius 1 is 1.18 bits per heavy atom. The van der Waals surface area contributed by atoms with Crippen molar-refractivity contribution in [2.45, 2.75) is 26.3 Å². The highest BCUT2D eigenvalue weighted by Crippen LogP contribution is 2.23. The second kappa shape index (κ2) is 6.32. The molecule has 22 heavy (non-hydrogen) atoms. The number of rotatable bonds is 5. The van der Waals surface area contributed by atoms with Crippen LogP contribution in [0.4, 0.5) is 5.82 Å². The quantitative estimate of drug-likeness (QED) is 0.782. The molecule has 114 valence electrons. The summed E-state index contributed by atoms with van der Waals surface area (Å²) >= 11 is 5.91. The maximum Gasteiger partial charge on any atom is 0.155 e. The van der Waals surface area contributed by atoms with Crippen LogP contribution < -0.4 is 5.32 Å². The summed E-state index contributed by atoms with van der Waals surface area (Å²) in [6, 6.07) is 7.77. The van der Waals surface area contributed by atoms with Crippen molar-refractivity contribution < 1.29 is 0 Å². The molecule has 0 aliphatic heterocycles. The van der Waals surface area contributed by atoms with Gasteiger partial charge in [0.25, 0.3) is 0 Å². The third-order valence-corrected chi connectivity index (χ3v) is 3.80. The predicted octanol–water partition coefficient (Wildman–Crippen LogP) is 3.58. The van der Waals surface area contributed by atoms with Gasteiger partial charge < -0.3 is 5.32 Å². The third kappa shape index (κ3) is 2.90. The van der Waals surface area contributed by atoms with E-state index >= 15 is 0 Å². The van der Waals surface area contributed by atoms with Gasteiger partial charge in [-0.15, -0.1) is 0 Å². The van der Waals surface area contributed by atoms with Crippen LogP contribution >= 0.6 is 11.6 Å². The van der Waals surface area contributed by atoms with Crippen LogP contribution in [-0.2, 0) is 20.0 Å². The lowest BCUT2D eigenvalue weighted by molar-refractivity contribution is 0.752. The molecule has 0 bridgehead atoms. The van der Waals surface area contributed by atoms with E-state index in [2.05, 4.69) is 27.3 Å². The topological polar surface area (TPSA) is 55.6 Å². The summed E-state index contributed by atoms with van der Waals surface area (Å²) in [4.78, 5) is 8.76. The van der Waals surface area contributed by atoms with Gasteiger partial charge in [0.05, 0.1) is 5.69 Å². The molecule has 5 nitrogen and oxygen atoms in total. The Kier molecular flexibility index (Phi) is 4.24. The molecule has 0 radical (unpaired) electrons. The molecule has 0 saturated heterocycles. The van der Waals surface area contributed by atoms with E-state index in [1.54, 1.807) is 6.33 Å². The summed E-state index contributed by atoms with van der Waals surface area (Å²) in [6.07, 6.45) is 3.56. The lowest BCUT2D eigenvalue weighted by Crippen LogP contribution is -2.04. The third-order valence-electron chi connectivity index (χ3n) is 3.55. The number of anilines is 1. The first-order valence-electron chi connectivity index (χ1n) is 7.34. The van der Waals surface area contributed by atoms with Crippen LogP contribution in [0.1, 0.15) is 24.6 Å². The summed E-state index contributed by atoms with van der Waals surface area (Å²) in [5.41, 5.74) is 4.04. The maximum absolute atomic E-state index is 5.91. The molecule has 3 rings (SSSR count). The fraction of sp³-hybridized carbons (Fsp3) is 0.312. The molecule has 3 aromatic rings. The van der Waals surface area contributed by atoms with Gasteiger partial charge in [-0.1, -0.05) is 37.1 Å². The standard InChI is InChI=1S/C16H18ClN5/c1-3-4-13-14-15(22(2)21-13)16(20-10-19-14)18-9-11-5-7-12(17)8-6-11/h5-8,10H,3-4,9H2,1-2H3,(H,18,19,20). The zero-order valence-electron chi connectivity index (χ0n) is 12.7. The Bertz CT molecular complexity index is 779. The van der Waals surface area contributed by atoms with Crippen LogP contribution in [0.15, 0.2) is 30.6 Å². The van der Waals surface area contributed by atoms with E-state index in [9.17, 15) is 0 Å². The van der Waals surface area contributed by atoms with Crippen LogP contribution in [-0.4, -0.2) is 19.7 Å². The minimum atomic E-state index is 0.678. The number of fused-ring (bicyclic) bond motifs is 1. The van der Waals surface area contributed by atoms with E-state index in [0.717, 1.165) is 46.0 Å². The maximum atomic E-state index is 5.91. The number of hydrogen-bond donors (Lipinski definition) is 1. The Morgan fingerprint density at radius 3 is 2.68 bits per heavy atom. The fourth-order valence-corrected chi connectivity index (χ4v) is 2.62. The average molecular weight is 316 g/mol. The molecule has 2 aromatic heterocycles. The van der Waals surface area contributed by atoms with Gasteiger partial charge in [-0.3, -0.25) is 4.68 Å². The monoisotopic (exact) mass is 315 g/mol. The Labute approximate surface area is 134 Å². The summed E-state index contributed by atoms with van der Waals surface area (Å²) in [6.45, 7) is 2.82. The SMILES string of the molecule is CCCc1nn(C)c2c(NCc3ccc(Cl)cc3)ncnc12. The lowest BCUT2D eigenvalue weighted by Gasteiger charge is -2.07. The molecule has 0 amide bonds. The first-order valence-corrected chi connectivity index (χ1v) is 7.71. The number of benzene rings is 1.